The molecule has 0 spiro atoms. The topological polar surface area (TPSA) is 93.4 Å². The Hall–Kier alpha value is -3.46. The van der Waals surface area contributed by atoms with Crippen molar-refractivity contribution in [1.82, 2.24) is 25.1 Å². The molecule has 0 aliphatic carbocycles. The number of hydrogen-bond donors (Lipinski definition) is 2. The Labute approximate surface area is 165 Å². The van der Waals surface area contributed by atoms with Gasteiger partial charge in [0, 0.05) is 0 Å². The SMILES string of the molecule is CCOc1ccccc1NC(=O)NCc1nnc2ccc(-c3cccs3)nn12. The second kappa shape index (κ2) is 8.05. The predicted octanol–water partition coefficient (Wildman–Crippen LogP) is 3.57. The van der Waals surface area contributed by atoms with Gasteiger partial charge in [0.25, 0.3) is 0 Å². The van der Waals surface area contributed by atoms with Crippen LogP contribution in [0.5, 0.6) is 5.75 Å². The maximum Gasteiger partial charge on any atom is 0.319 e. The zero-order valence-corrected chi connectivity index (χ0v) is 15.9. The standard InChI is InChI=1S/C19H18N6O2S/c1-2-27-15-7-4-3-6-13(15)21-19(26)20-12-18-23-22-17-10-9-14(24-25(17)18)16-8-5-11-28-16/h3-11H,2,12H2,1H3,(H2,20,21,26). The molecule has 0 saturated carbocycles. The maximum atomic E-state index is 12.3. The molecular formula is C19H18N6O2S. The lowest BCUT2D eigenvalue weighted by Gasteiger charge is -2.11. The van der Waals surface area contributed by atoms with E-state index in [2.05, 4.69) is 25.9 Å². The van der Waals surface area contributed by atoms with E-state index in [9.17, 15) is 4.79 Å². The lowest BCUT2D eigenvalue weighted by Crippen LogP contribution is -2.29. The lowest BCUT2D eigenvalue weighted by molar-refractivity contribution is 0.251. The summed E-state index contributed by atoms with van der Waals surface area (Å²) in [6.45, 7) is 2.60. The Morgan fingerprint density at radius 1 is 1.14 bits per heavy atom. The van der Waals surface area contributed by atoms with E-state index in [4.69, 9.17) is 4.74 Å². The number of urea groups is 1. The molecule has 142 valence electrons. The Morgan fingerprint density at radius 3 is 2.86 bits per heavy atom. The summed E-state index contributed by atoms with van der Waals surface area (Å²) in [6, 6.07) is 14.7. The molecule has 0 atom stereocenters. The molecule has 3 aromatic heterocycles. The highest BCUT2D eigenvalue weighted by Crippen LogP contribution is 2.24. The minimum Gasteiger partial charge on any atom is -0.492 e. The number of carbonyl (C=O) groups excluding carboxylic acids is 1. The number of aromatic nitrogens is 4. The highest BCUT2D eigenvalue weighted by atomic mass is 32.1. The van der Waals surface area contributed by atoms with E-state index in [1.807, 2.05) is 48.7 Å². The van der Waals surface area contributed by atoms with Crippen LogP contribution in [0.25, 0.3) is 16.2 Å². The van der Waals surface area contributed by atoms with Crippen LogP contribution in [0, 0.1) is 0 Å². The van der Waals surface area contributed by atoms with Crippen molar-refractivity contribution in [3.05, 3.63) is 59.7 Å². The Bertz CT molecular complexity index is 1090. The summed E-state index contributed by atoms with van der Waals surface area (Å²) in [4.78, 5) is 13.4. The van der Waals surface area contributed by atoms with E-state index in [1.54, 1.807) is 28.0 Å². The summed E-state index contributed by atoms with van der Waals surface area (Å²) in [5.74, 6) is 1.16. The van der Waals surface area contributed by atoms with E-state index in [-0.39, 0.29) is 12.6 Å². The summed E-state index contributed by atoms with van der Waals surface area (Å²) < 4.78 is 7.16. The van der Waals surface area contributed by atoms with Crippen LogP contribution in [0.3, 0.4) is 0 Å². The monoisotopic (exact) mass is 394 g/mol. The molecule has 0 fully saturated rings. The number of fused-ring (bicyclic) bond motifs is 1. The minimum atomic E-state index is -0.363. The van der Waals surface area contributed by atoms with Crippen molar-refractivity contribution in [3.8, 4) is 16.3 Å². The number of hydrogen-bond acceptors (Lipinski definition) is 6. The third kappa shape index (κ3) is 3.79. The number of amides is 2. The summed E-state index contributed by atoms with van der Waals surface area (Å²) in [5, 5.41) is 20.4. The minimum absolute atomic E-state index is 0.185. The van der Waals surface area contributed by atoms with Crippen LogP contribution < -0.4 is 15.4 Å². The number of nitrogens with one attached hydrogen (secondary N) is 2. The van der Waals surface area contributed by atoms with Gasteiger partial charge >= 0.3 is 6.03 Å². The highest BCUT2D eigenvalue weighted by molar-refractivity contribution is 7.13. The van der Waals surface area contributed by atoms with Crippen LogP contribution in [0.15, 0.2) is 53.9 Å². The molecule has 4 rings (SSSR count). The van der Waals surface area contributed by atoms with Gasteiger partial charge in [-0.25, -0.2) is 4.79 Å². The molecule has 0 aliphatic heterocycles. The summed E-state index contributed by atoms with van der Waals surface area (Å²) in [7, 11) is 0. The van der Waals surface area contributed by atoms with E-state index >= 15 is 0 Å². The van der Waals surface area contributed by atoms with Gasteiger partial charge in [0.2, 0.25) is 0 Å². The van der Waals surface area contributed by atoms with Gasteiger partial charge in [-0.1, -0.05) is 18.2 Å². The summed E-state index contributed by atoms with van der Waals surface area (Å²) >= 11 is 1.61. The van der Waals surface area contributed by atoms with Crippen LogP contribution in [0.4, 0.5) is 10.5 Å². The number of rotatable bonds is 6. The van der Waals surface area contributed by atoms with Crippen molar-refractivity contribution in [2.75, 3.05) is 11.9 Å². The second-order valence-corrected chi connectivity index (χ2v) is 6.77. The molecule has 9 heteroatoms. The molecule has 2 amide bonds. The zero-order valence-electron chi connectivity index (χ0n) is 15.1. The number of anilines is 1. The van der Waals surface area contributed by atoms with Crippen LogP contribution >= 0.6 is 11.3 Å². The van der Waals surface area contributed by atoms with Gasteiger partial charge in [-0.15, -0.1) is 21.5 Å². The molecule has 0 bridgehead atoms. The van der Waals surface area contributed by atoms with Crippen LogP contribution in [0.2, 0.25) is 0 Å². The quantitative estimate of drug-likeness (QED) is 0.521. The molecule has 0 radical (unpaired) electrons. The predicted molar refractivity (Wildman–Crippen MR) is 108 cm³/mol. The molecular weight excluding hydrogens is 376 g/mol. The fraction of sp³-hybridized carbons (Fsp3) is 0.158. The smallest absolute Gasteiger partial charge is 0.319 e. The zero-order chi connectivity index (χ0) is 19.3. The van der Waals surface area contributed by atoms with Crippen molar-refractivity contribution in [1.29, 1.82) is 0 Å². The molecule has 0 unspecified atom stereocenters. The summed E-state index contributed by atoms with van der Waals surface area (Å²) in [6.07, 6.45) is 0. The second-order valence-electron chi connectivity index (χ2n) is 5.82. The van der Waals surface area contributed by atoms with Crippen LogP contribution in [-0.4, -0.2) is 32.4 Å². The Morgan fingerprint density at radius 2 is 2.04 bits per heavy atom. The third-order valence-corrected chi connectivity index (χ3v) is 4.84. The van der Waals surface area contributed by atoms with Crippen LogP contribution in [-0.2, 0) is 6.54 Å². The molecule has 2 N–H and O–H groups in total. The first-order valence-corrected chi connectivity index (χ1v) is 9.64. The van der Waals surface area contributed by atoms with E-state index in [1.165, 1.54) is 0 Å². The maximum absolute atomic E-state index is 12.3. The average molecular weight is 394 g/mol. The normalized spacial score (nSPS) is 10.8. The number of para-hydroxylation sites is 2. The number of carbonyl (C=O) groups is 1. The van der Waals surface area contributed by atoms with Gasteiger partial charge in [0.15, 0.2) is 11.5 Å². The molecule has 0 aliphatic rings. The fourth-order valence-electron chi connectivity index (χ4n) is 2.68. The van der Waals surface area contributed by atoms with Gasteiger partial charge < -0.3 is 15.4 Å². The van der Waals surface area contributed by atoms with Gasteiger partial charge in [0.1, 0.15) is 11.4 Å². The third-order valence-electron chi connectivity index (χ3n) is 3.94. The highest BCUT2D eigenvalue weighted by Gasteiger charge is 2.12. The Balaban J connectivity index is 1.47. The van der Waals surface area contributed by atoms with Gasteiger partial charge in [-0.05, 0) is 42.6 Å². The van der Waals surface area contributed by atoms with Gasteiger partial charge in [0.05, 0.1) is 23.7 Å². The van der Waals surface area contributed by atoms with Crippen molar-refractivity contribution in [2.45, 2.75) is 13.5 Å². The molecule has 28 heavy (non-hydrogen) atoms. The van der Waals surface area contributed by atoms with E-state index in [0.717, 1.165) is 10.6 Å². The number of ether oxygens (including phenoxy) is 1. The Kier molecular flexibility index (Phi) is 5.16. The molecule has 0 saturated heterocycles. The van der Waals surface area contributed by atoms with Crippen molar-refractivity contribution >= 4 is 28.7 Å². The number of benzene rings is 1. The number of thiophene rings is 1. The molecule has 8 nitrogen and oxygen atoms in total. The molecule has 3 heterocycles. The summed E-state index contributed by atoms with van der Waals surface area (Å²) in [5.41, 5.74) is 2.06. The van der Waals surface area contributed by atoms with Crippen LogP contribution in [0.1, 0.15) is 12.7 Å². The first kappa shape index (κ1) is 17.9. The largest absolute Gasteiger partial charge is 0.492 e. The first-order chi connectivity index (χ1) is 13.7. The average Bonchev–Trinajstić information content (AvgIpc) is 3.38. The van der Waals surface area contributed by atoms with Crippen molar-refractivity contribution in [2.24, 2.45) is 0 Å². The van der Waals surface area contributed by atoms with E-state index in [0.29, 0.717) is 29.5 Å². The fourth-order valence-corrected chi connectivity index (χ4v) is 3.37. The lowest BCUT2D eigenvalue weighted by atomic mass is 10.3. The van der Waals surface area contributed by atoms with E-state index < -0.39 is 0 Å². The van der Waals surface area contributed by atoms with Gasteiger partial charge in [-0.2, -0.15) is 9.61 Å². The van der Waals surface area contributed by atoms with Gasteiger partial charge in [-0.3, -0.25) is 0 Å². The van der Waals surface area contributed by atoms with Crippen molar-refractivity contribution < 1.29 is 9.53 Å². The molecule has 4 aromatic rings. The molecule has 1 aromatic carbocycles. The van der Waals surface area contributed by atoms with Crippen molar-refractivity contribution in [3.63, 3.8) is 0 Å². The first-order valence-electron chi connectivity index (χ1n) is 8.76. The number of nitrogens with zero attached hydrogens (tertiary/aromatic N) is 4.